The van der Waals surface area contributed by atoms with Gasteiger partial charge in [0.25, 0.3) is 0 Å². The summed E-state index contributed by atoms with van der Waals surface area (Å²) in [6, 6.07) is 3.74. The third-order valence-corrected chi connectivity index (χ3v) is 3.82. The Morgan fingerprint density at radius 1 is 1.28 bits per heavy atom. The summed E-state index contributed by atoms with van der Waals surface area (Å²) < 4.78 is 10.5. The van der Waals surface area contributed by atoms with Gasteiger partial charge in [-0.3, -0.25) is 0 Å². The van der Waals surface area contributed by atoms with E-state index >= 15 is 0 Å². The molecule has 1 heterocycles. The van der Waals surface area contributed by atoms with Crippen LogP contribution in [-0.4, -0.2) is 19.2 Å². The maximum atomic E-state index is 6.18. The number of hydrogen-bond acceptors (Lipinski definition) is 4. The summed E-state index contributed by atoms with van der Waals surface area (Å²) in [5, 5.41) is 3.52. The van der Waals surface area contributed by atoms with Crippen LogP contribution in [0.1, 0.15) is 12.6 Å². The fourth-order valence-corrected chi connectivity index (χ4v) is 2.82. The molecule has 0 saturated carbocycles. The number of ether oxygens (including phenoxy) is 2. The van der Waals surface area contributed by atoms with E-state index in [2.05, 4.69) is 17.3 Å². The summed E-state index contributed by atoms with van der Waals surface area (Å²) in [5.41, 5.74) is 2.03. The molecule has 0 aliphatic carbocycles. The van der Waals surface area contributed by atoms with E-state index in [0.717, 1.165) is 22.7 Å². The van der Waals surface area contributed by atoms with Crippen molar-refractivity contribution in [3.8, 4) is 22.1 Å². The van der Waals surface area contributed by atoms with Crippen molar-refractivity contribution in [2.24, 2.45) is 0 Å². The zero-order valence-electron chi connectivity index (χ0n) is 10.5. The number of methoxy groups -OCH3 is 2. The van der Waals surface area contributed by atoms with Crippen LogP contribution in [0.4, 0.5) is 0 Å². The summed E-state index contributed by atoms with van der Waals surface area (Å²) in [6.45, 7) is 2.08. The molecule has 0 fully saturated rings. The fourth-order valence-electron chi connectivity index (χ4n) is 1.64. The molecule has 0 atom stereocenters. The molecule has 3 nitrogen and oxygen atoms in total. The predicted molar refractivity (Wildman–Crippen MR) is 75.0 cm³/mol. The first-order chi connectivity index (χ1) is 8.69. The molecule has 0 amide bonds. The van der Waals surface area contributed by atoms with E-state index in [4.69, 9.17) is 21.1 Å². The smallest absolute Gasteiger partial charge is 0.179 e. The van der Waals surface area contributed by atoms with Gasteiger partial charge < -0.3 is 9.47 Å². The van der Waals surface area contributed by atoms with Gasteiger partial charge in [-0.15, -0.1) is 11.3 Å². The van der Waals surface area contributed by atoms with E-state index in [1.165, 1.54) is 0 Å². The number of aryl methyl sites for hydroxylation is 1. The number of nitrogens with zero attached hydrogens (tertiary/aromatic N) is 1. The molecule has 0 unspecified atom stereocenters. The van der Waals surface area contributed by atoms with E-state index in [1.807, 2.05) is 12.1 Å². The van der Waals surface area contributed by atoms with Gasteiger partial charge >= 0.3 is 0 Å². The average molecular weight is 284 g/mol. The molecular weight excluding hydrogens is 270 g/mol. The van der Waals surface area contributed by atoms with E-state index < -0.39 is 0 Å². The molecule has 0 N–H and O–H groups in total. The third-order valence-electron chi connectivity index (χ3n) is 2.59. The highest BCUT2D eigenvalue weighted by molar-refractivity contribution is 7.13. The highest BCUT2D eigenvalue weighted by Crippen LogP contribution is 2.39. The van der Waals surface area contributed by atoms with Gasteiger partial charge in [0.05, 0.1) is 24.9 Å². The second kappa shape index (κ2) is 5.59. The van der Waals surface area contributed by atoms with Crippen LogP contribution in [0.5, 0.6) is 11.5 Å². The maximum Gasteiger partial charge on any atom is 0.179 e. The largest absolute Gasteiger partial charge is 0.493 e. The zero-order chi connectivity index (χ0) is 13.1. The van der Waals surface area contributed by atoms with Gasteiger partial charge in [0, 0.05) is 10.9 Å². The van der Waals surface area contributed by atoms with Gasteiger partial charge in [-0.2, -0.15) is 0 Å². The molecule has 18 heavy (non-hydrogen) atoms. The van der Waals surface area contributed by atoms with Crippen LogP contribution in [0.3, 0.4) is 0 Å². The average Bonchev–Trinajstić information content (AvgIpc) is 2.86. The van der Waals surface area contributed by atoms with Crippen LogP contribution in [0.25, 0.3) is 10.6 Å². The van der Waals surface area contributed by atoms with Crippen molar-refractivity contribution in [3.63, 3.8) is 0 Å². The van der Waals surface area contributed by atoms with Crippen LogP contribution >= 0.6 is 22.9 Å². The highest BCUT2D eigenvalue weighted by atomic mass is 35.5. The van der Waals surface area contributed by atoms with Gasteiger partial charge in [0.15, 0.2) is 11.5 Å². The van der Waals surface area contributed by atoms with Crippen molar-refractivity contribution in [3.05, 3.63) is 28.2 Å². The van der Waals surface area contributed by atoms with E-state index in [-0.39, 0.29) is 0 Å². The Bertz CT molecular complexity index is 554. The molecule has 0 saturated heterocycles. The first kappa shape index (κ1) is 13.2. The van der Waals surface area contributed by atoms with Crippen molar-refractivity contribution in [1.82, 2.24) is 4.98 Å². The SMILES string of the molecule is CCc1csc(-c2cc(Cl)c(OC)c(OC)c2)n1. The molecule has 2 rings (SSSR count). The number of rotatable bonds is 4. The number of halogens is 1. The second-order valence-electron chi connectivity index (χ2n) is 3.69. The van der Waals surface area contributed by atoms with Gasteiger partial charge in [-0.1, -0.05) is 18.5 Å². The van der Waals surface area contributed by atoms with Crippen molar-refractivity contribution in [2.75, 3.05) is 14.2 Å². The predicted octanol–water partition coefficient (Wildman–Crippen LogP) is 4.04. The highest BCUT2D eigenvalue weighted by Gasteiger charge is 2.13. The molecule has 0 spiro atoms. The Morgan fingerprint density at radius 2 is 2.06 bits per heavy atom. The Labute approximate surface area is 115 Å². The van der Waals surface area contributed by atoms with Gasteiger partial charge in [0.1, 0.15) is 5.01 Å². The quantitative estimate of drug-likeness (QED) is 0.848. The van der Waals surface area contributed by atoms with Gasteiger partial charge in [-0.25, -0.2) is 4.98 Å². The first-order valence-corrected chi connectivity index (χ1v) is 6.81. The number of benzene rings is 1. The number of aromatic nitrogens is 1. The Kier molecular flexibility index (Phi) is 4.09. The Hall–Kier alpha value is -1.26. The van der Waals surface area contributed by atoms with Gasteiger partial charge in [0.2, 0.25) is 0 Å². The molecule has 0 bridgehead atoms. The minimum Gasteiger partial charge on any atom is -0.493 e. The summed E-state index contributed by atoms with van der Waals surface area (Å²) in [7, 11) is 3.17. The van der Waals surface area contributed by atoms with E-state index in [9.17, 15) is 0 Å². The van der Waals surface area contributed by atoms with E-state index in [1.54, 1.807) is 25.6 Å². The molecule has 1 aromatic heterocycles. The number of thiazole rings is 1. The molecule has 0 aliphatic heterocycles. The van der Waals surface area contributed by atoms with Crippen LogP contribution in [0.15, 0.2) is 17.5 Å². The van der Waals surface area contributed by atoms with Crippen LogP contribution in [0, 0.1) is 0 Å². The summed E-state index contributed by atoms with van der Waals surface area (Å²) in [5.74, 6) is 1.17. The molecular formula is C13H14ClNO2S. The Morgan fingerprint density at radius 3 is 2.61 bits per heavy atom. The topological polar surface area (TPSA) is 31.4 Å². The van der Waals surface area contributed by atoms with Crippen molar-refractivity contribution in [2.45, 2.75) is 13.3 Å². The third kappa shape index (κ3) is 2.44. The summed E-state index contributed by atoms with van der Waals surface area (Å²) in [4.78, 5) is 4.53. The fraction of sp³-hybridized carbons (Fsp3) is 0.308. The van der Waals surface area contributed by atoms with Crippen LogP contribution < -0.4 is 9.47 Å². The summed E-state index contributed by atoms with van der Waals surface area (Å²) in [6.07, 6.45) is 0.928. The molecule has 2 aromatic rings. The molecule has 1 aromatic carbocycles. The lowest BCUT2D eigenvalue weighted by Crippen LogP contribution is -1.92. The monoisotopic (exact) mass is 283 g/mol. The normalized spacial score (nSPS) is 10.4. The van der Waals surface area contributed by atoms with Gasteiger partial charge in [-0.05, 0) is 18.6 Å². The lowest BCUT2D eigenvalue weighted by atomic mass is 10.2. The first-order valence-electron chi connectivity index (χ1n) is 5.55. The van der Waals surface area contributed by atoms with Crippen LogP contribution in [-0.2, 0) is 6.42 Å². The lowest BCUT2D eigenvalue weighted by molar-refractivity contribution is 0.355. The lowest BCUT2D eigenvalue weighted by Gasteiger charge is -2.10. The standard InChI is InChI=1S/C13H14ClNO2S/c1-4-9-7-18-13(15-9)8-5-10(14)12(17-3)11(6-8)16-2/h5-7H,4H2,1-3H3. The minimum absolute atomic E-state index is 0.528. The van der Waals surface area contributed by atoms with Crippen molar-refractivity contribution in [1.29, 1.82) is 0 Å². The zero-order valence-corrected chi connectivity index (χ0v) is 12.1. The molecule has 96 valence electrons. The molecule has 0 radical (unpaired) electrons. The minimum atomic E-state index is 0.528. The molecule has 5 heteroatoms. The van der Waals surface area contributed by atoms with E-state index in [0.29, 0.717) is 16.5 Å². The summed E-state index contributed by atoms with van der Waals surface area (Å²) >= 11 is 7.78. The Balaban J connectivity index is 2.48. The van der Waals surface area contributed by atoms with Crippen molar-refractivity contribution < 1.29 is 9.47 Å². The van der Waals surface area contributed by atoms with Crippen LogP contribution in [0.2, 0.25) is 5.02 Å². The maximum absolute atomic E-state index is 6.18. The van der Waals surface area contributed by atoms with Crippen molar-refractivity contribution >= 4 is 22.9 Å². The molecule has 0 aliphatic rings. The number of hydrogen-bond donors (Lipinski definition) is 0. The second-order valence-corrected chi connectivity index (χ2v) is 4.96.